The van der Waals surface area contributed by atoms with Gasteiger partial charge in [-0.25, -0.2) is 10.4 Å². The zero-order valence-electron chi connectivity index (χ0n) is 15.8. The summed E-state index contributed by atoms with van der Waals surface area (Å²) in [4.78, 5) is 18.7. The van der Waals surface area contributed by atoms with E-state index in [0.717, 1.165) is 21.5 Å². The van der Waals surface area contributed by atoms with Crippen molar-refractivity contribution in [3.05, 3.63) is 54.1 Å². The minimum atomic E-state index is -0.466. The number of aliphatic hydroxyl groups excluding tert-OH is 1. The number of hydrogen-bond donors (Lipinski definition) is 3. The molecule has 28 heavy (non-hydrogen) atoms. The quantitative estimate of drug-likeness (QED) is 0.402. The second kappa shape index (κ2) is 9.29. The Morgan fingerprint density at radius 1 is 1.29 bits per heavy atom. The molecule has 8 heteroatoms. The minimum Gasteiger partial charge on any atom is -0.395 e. The fraction of sp³-hybridized carbons (Fsp3) is 0.250. The summed E-state index contributed by atoms with van der Waals surface area (Å²) in [5.41, 5.74) is 5.33. The highest BCUT2D eigenvalue weighted by atomic mass is 32.1. The van der Waals surface area contributed by atoms with Crippen LogP contribution in [0.25, 0.3) is 10.2 Å². The molecule has 0 unspecified atom stereocenters. The second-order valence-corrected chi connectivity index (χ2v) is 7.35. The van der Waals surface area contributed by atoms with Gasteiger partial charge in [0.15, 0.2) is 5.13 Å². The molecule has 1 aromatic heterocycles. The van der Waals surface area contributed by atoms with Crippen molar-refractivity contribution in [3.8, 4) is 0 Å². The van der Waals surface area contributed by atoms with Gasteiger partial charge in [-0.2, -0.15) is 5.10 Å². The van der Waals surface area contributed by atoms with Gasteiger partial charge in [-0.05, 0) is 36.8 Å². The van der Waals surface area contributed by atoms with Crippen molar-refractivity contribution in [1.29, 1.82) is 0 Å². The largest absolute Gasteiger partial charge is 0.395 e. The van der Waals surface area contributed by atoms with Gasteiger partial charge in [0.2, 0.25) is 0 Å². The van der Waals surface area contributed by atoms with Crippen molar-refractivity contribution in [2.24, 2.45) is 5.10 Å². The van der Waals surface area contributed by atoms with Crippen molar-refractivity contribution in [2.75, 3.05) is 30.4 Å². The van der Waals surface area contributed by atoms with Crippen LogP contribution >= 0.6 is 11.3 Å². The normalized spacial score (nSPS) is 12.2. The van der Waals surface area contributed by atoms with Crippen LogP contribution in [-0.2, 0) is 4.79 Å². The number of nitrogens with one attached hydrogen (secondary N) is 2. The number of aromatic nitrogens is 1. The number of rotatable bonds is 8. The molecule has 0 saturated heterocycles. The van der Waals surface area contributed by atoms with Crippen LogP contribution in [0.3, 0.4) is 0 Å². The summed E-state index contributed by atoms with van der Waals surface area (Å²) in [6.45, 7) is 2.45. The molecule has 146 valence electrons. The van der Waals surface area contributed by atoms with Gasteiger partial charge in [0, 0.05) is 19.3 Å². The van der Waals surface area contributed by atoms with Crippen LogP contribution in [0.15, 0.2) is 53.6 Å². The van der Waals surface area contributed by atoms with Gasteiger partial charge in [-0.1, -0.05) is 35.6 Å². The number of aliphatic hydroxyl groups is 1. The van der Waals surface area contributed by atoms with E-state index in [4.69, 9.17) is 5.11 Å². The van der Waals surface area contributed by atoms with Gasteiger partial charge in [0.1, 0.15) is 6.04 Å². The summed E-state index contributed by atoms with van der Waals surface area (Å²) in [5, 5.41) is 16.8. The summed E-state index contributed by atoms with van der Waals surface area (Å²) in [6, 6.07) is 15.1. The van der Waals surface area contributed by atoms with Crippen LogP contribution in [0, 0.1) is 0 Å². The molecule has 0 aliphatic carbocycles. The number of carbonyl (C=O) groups excluding carboxylic acids is 1. The summed E-state index contributed by atoms with van der Waals surface area (Å²) in [6.07, 6.45) is 1.60. The number of amides is 1. The SMILES string of the molecule is C[C@H](Nc1nc2ccccc2s1)C(=O)N/N=C\c1ccc(N(C)CCO)cc1. The predicted molar refractivity (Wildman–Crippen MR) is 115 cm³/mol. The topological polar surface area (TPSA) is 89.8 Å². The number of benzene rings is 2. The van der Waals surface area contributed by atoms with E-state index < -0.39 is 6.04 Å². The molecular weight excluding hydrogens is 374 g/mol. The lowest BCUT2D eigenvalue weighted by Crippen LogP contribution is -2.34. The van der Waals surface area contributed by atoms with E-state index in [1.54, 1.807) is 13.1 Å². The van der Waals surface area contributed by atoms with Gasteiger partial charge in [0.25, 0.3) is 5.91 Å². The maximum atomic E-state index is 12.2. The first-order valence-corrected chi connectivity index (χ1v) is 9.75. The first kappa shape index (κ1) is 19.8. The van der Waals surface area contributed by atoms with E-state index >= 15 is 0 Å². The summed E-state index contributed by atoms with van der Waals surface area (Å²) < 4.78 is 1.07. The summed E-state index contributed by atoms with van der Waals surface area (Å²) in [5.74, 6) is -0.241. The lowest BCUT2D eigenvalue weighted by Gasteiger charge is -2.17. The van der Waals surface area contributed by atoms with E-state index in [1.165, 1.54) is 11.3 Å². The fourth-order valence-electron chi connectivity index (χ4n) is 2.55. The number of anilines is 2. The molecule has 0 bridgehead atoms. The predicted octanol–water partition coefficient (Wildman–Crippen LogP) is 2.68. The Morgan fingerprint density at radius 3 is 2.75 bits per heavy atom. The Balaban J connectivity index is 1.52. The van der Waals surface area contributed by atoms with Crippen LogP contribution in [-0.4, -0.2) is 48.5 Å². The third-order valence-electron chi connectivity index (χ3n) is 4.18. The van der Waals surface area contributed by atoms with Gasteiger partial charge in [0.05, 0.1) is 23.0 Å². The molecule has 0 fully saturated rings. The number of likely N-dealkylation sites (N-methyl/N-ethyl adjacent to an activating group) is 1. The van der Waals surface area contributed by atoms with Gasteiger partial charge >= 0.3 is 0 Å². The van der Waals surface area contributed by atoms with E-state index in [1.807, 2.05) is 60.5 Å². The number of nitrogens with zero attached hydrogens (tertiary/aromatic N) is 3. The molecule has 1 heterocycles. The van der Waals surface area contributed by atoms with E-state index in [0.29, 0.717) is 11.7 Å². The summed E-state index contributed by atoms with van der Waals surface area (Å²) in [7, 11) is 1.92. The van der Waals surface area contributed by atoms with E-state index in [9.17, 15) is 4.79 Å². The zero-order chi connectivity index (χ0) is 19.9. The van der Waals surface area contributed by atoms with Crippen molar-refractivity contribution in [3.63, 3.8) is 0 Å². The lowest BCUT2D eigenvalue weighted by molar-refractivity contribution is -0.121. The highest BCUT2D eigenvalue weighted by Crippen LogP contribution is 2.25. The monoisotopic (exact) mass is 397 g/mol. The van der Waals surface area contributed by atoms with E-state index in [-0.39, 0.29) is 12.5 Å². The fourth-order valence-corrected chi connectivity index (χ4v) is 3.50. The molecule has 0 saturated carbocycles. The van der Waals surface area contributed by atoms with Crippen LogP contribution in [0.2, 0.25) is 0 Å². The molecule has 0 spiro atoms. The minimum absolute atomic E-state index is 0.106. The second-order valence-electron chi connectivity index (χ2n) is 6.32. The lowest BCUT2D eigenvalue weighted by atomic mass is 10.2. The van der Waals surface area contributed by atoms with Crippen molar-refractivity contribution in [1.82, 2.24) is 10.4 Å². The smallest absolute Gasteiger partial charge is 0.262 e. The highest BCUT2D eigenvalue weighted by Gasteiger charge is 2.14. The average Bonchev–Trinajstić information content (AvgIpc) is 3.10. The Labute approximate surface area is 167 Å². The van der Waals surface area contributed by atoms with Crippen LogP contribution in [0.5, 0.6) is 0 Å². The third kappa shape index (κ3) is 5.05. The number of para-hydroxylation sites is 1. The Bertz CT molecular complexity index is 922. The number of hydrazone groups is 1. The molecular formula is C20H23N5O2S. The van der Waals surface area contributed by atoms with Gasteiger partial charge in [-0.3, -0.25) is 4.79 Å². The standard InChI is InChI=1S/C20H23N5O2S/c1-14(22-20-23-17-5-3-4-6-18(17)28-20)19(27)24-21-13-15-7-9-16(10-8-15)25(2)11-12-26/h3-10,13-14,26H,11-12H2,1-2H3,(H,22,23)(H,24,27)/b21-13-/t14-/m0/s1. The third-order valence-corrected chi connectivity index (χ3v) is 5.15. The Kier molecular flexibility index (Phi) is 6.57. The first-order chi connectivity index (χ1) is 13.6. The highest BCUT2D eigenvalue weighted by molar-refractivity contribution is 7.22. The van der Waals surface area contributed by atoms with Crippen molar-refractivity contribution < 1.29 is 9.90 Å². The molecule has 0 aliphatic heterocycles. The maximum absolute atomic E-state index is 12.2. The molecule has 0 aliphatic rings. The first-order valence-electron chi connectivity index (χ1n) is 8.94. The number of fused-ring (bicyclic) bond motifs is 1. The molecule has 7 nitrogen and oxygen atoms in total. The Hall–Kier alpha value is -2.97. The molecule has 3 aromatic rings. The Morgan fingerprint density at radius 2 is 2.04 bits per heavy atom. The van der Waals surface area contributed by atoms with Gasteiger partial charge < -0.3 is 15.3 Å². The van der Waals surface area contributed by atoms with Crippen molar-refractivity contribution in [2.45, 2.75) is 13.0 Å². The van der Waals surface area contributed by atoms with E-state index in [2.05, 4.69) is 20.8 Å². The van der Waals surface area contributed by atoms with Crippen LogP contribution in [0.4, 0.5) is 10.8 Å². The molecule has 2 aromatic carbocycles. The number of thiazole rings is 1. The molecule has 3 rings (SSSR count). The molecule has 1 amide bonds. The maximum Gasteiger partial charge on any atom is 0.262 e. The summed E-state index contributed by atoms with van der Waals surface area (Å²) >= 11 is 1.51. The average molecular weight is 398 g/mol. The molecule has 3 N–H and O–H groups in total. The van der Waals surface area contributed by atoms with Crippen LogP contribution in [0.1, 0.15) is 12.5 Å². The number of hydrogen-bond acceptors (Lipinski definition) is 7. The van der Waals surface area contributed by atoms with Gasteiger partial charge in [-0.15, -0.1) is 0 Å². The zero-order valence-corrected chi connectivity index (χ0v) is 16.6. The molecule has 0 radical (unpaired) electrons. The van der Waals surface area contributed by atoms with Crippen molar-refractivity contribution >= 4 is 44.5 Å². The number of carbonyl (C=O) groups is 1. The molecule has 1 atom stereocenters. The van der Waals surface area contributed by atoms with Crippen LogP contribution < -0.4 is 15.6 Å².